The lowest BCUT2D eigenvalue weighted by Gasteiger charge is -2.28. The molecule has 1 aromatic carbocycles. The van der Waals surface area contributed by atoms with E-state index in [0.717, 1.165) is 31.2 Å². The summed E-state index contributed by atoms with van der Waals surface area (Å²) in [5.41, 5.74) is 1.14. The van der Waals surface area contributed by atoms with Crippen molar-refractivity contribution < 1.29 is 8.42 Å². The van der Waals surface area contributed by atoms with E-state index in [1.165, 1.54) is 31.9 Å². The molecule has 116 valence electrons. The molecule has 1 saturated heterocycles. The lowest BCUT2D eigenvalue weighted by molar-refractivity contribution is 0.570. The molecule has 1 aromatic rings. The van der Waals surface area contributed by atoms with Crippen molar-refractivity contribution in [2.75, 3.05) is 30.8 Å². The minimum atomic E-state index is -3.11. The summed E-state index contributed by atoms with van der Waals surface area (Å²) in [5, 5.41) is 3.55. The van der Waals surface area contributed by atoms with E-state index >= 15 is 0 Å². The Kier molecular flexibility index (Phi) is 4.22. The highest BCUT2D eigenvalue weighted by Gasteiger charge is 2.26. The lowest BCUT2D eigenvalue weighted by atomic mass is 10.2. The summed E-state index contributed by atoms with van der Waals surface area (Å²) in [6.45, 7) is 3.24. The number of hydrogen-bond acceptors (Lipinski definition) is 4. The minimum Gasteiger partial charge on any atom is -0.370 e. The van der Waals surface area contributed by atoms with Gasteiger partial charge in [-0.25, -0.2) is 8.42 Å². The Labute approximate surface area is 127 Å². The Hall–Kier alpha value is -1.07. The quantitative estimate of drug-likeness (QED) is 0.874. The molecule has 2 fully saturated rings. The summed E-state index contributed by atoms with van der Waals surface area (Å²) >= 11 is 0. The molecule has 4 nitrogen and oxygen atoms in total. The molecule has 1 saturated carbocycles. The number of nitrogens with one attached hydrogen (secondary N) is 1. The number of rotatable bonds is 6. The number of sulfone groups is 1. The van der Waals surface area contributed by atoms with Crippen LogP contribution in [0.2, 0.25) is 0 Å². The van der Waals surface area contributed by atoms with E-state index in [1.54, 1.807) is 12.1 Å². The standard InChI is InChI=1S/C16H24N2O2S/c1-21(19,20)16-8-6-15(7-9-16)18(11-13-4-5-13)12-14-3-2-10-17-14/h6-9,13-14,17H,2-5,10-12H2,1H3. The van der Waals surface area contributed by atoms with Gasteiger partial charge < -0.3 is 10.2 Å². The van der Waals surface area contributed by atoms with Crippen molar-refractivity contribution in [3.8, 4) is 0 Å². The highest BCUT2D eigenvalue weighted by molar-refractivity contribution is 7.90. The van der Waals surface area contributed by atoms with Crippen molar-refractivity contribution in [3.05, 3.63) is 24.3 Å². The molecule has 1 unspecified atom stereocenters. The maximum Gasteiger partial charge on any atom is 0.175 e. The van der Waals surface area contributed by atoms with Crippen LogP contribution in [0.25, 0.3) is 0 Å². The van der Waals surface area contributed by atoms with Crippen LogP contribution in [0.5, 0.6) is 0 Å². The van der Waals surface area contributed by atoms with E-state index in [4.69, 9.17) is 0 Å². The van der Waals surface area contributed by atoms with E-state index < -0.39 is 9.84 Å². The average Bonchev–Trinajstić information content (AvgIpc) is 3.11. The fourth-order valence-corrected chi connectivity index (χ4v) is 3.61. The van der Waals surface area contributed by atoms with Gasteiger partial charge in [0.1, 0.15) is 0 Å². The van der Waals surface area contributed by atoms with Gasteiger partial charge in [-0.05, 0) is 62.4 Å². The van der Waals surface area contributed by atoms with Crippen molar-refractivity contribution in [1.29, 1.82) is 0 Å². The molecule has 0 radical (unpaired) electrons. The smallest absolute Gasteiger partial charge is 0.175 e. The maximum atomic E-state index is 11.6. The molecule has 1 atom stereocenters. The van der Waals surface area contributed by atoms with E-state index in [2.05, 4.69) is 10.2 Å². The van der Waals surface area contributed by atoms with Crippen LogP contribution in [0, 0.1) is 5.92 Å². The SMILES string of the molecule is CS(=O)(=O)c1ccc(N(CC2CC2)CC2CCCN2)cc1. The maximum absolute atomic E-state index is 11.6. The van der Waals surface area contributed by atoms with Gasteiger partial charge in [0.25, 0.3) is 0 Å². The molecule has 0 bridgehead atoms. The highest BCUT2D eigenvalue weighted by Crippen LogP contribution is 2.32. The fourth-order valence-electron chi connectivity index (χ4n) is 2.98. The van der Waals surface area contributed by atoms with Crippen molar-refractivity contribution in [2.24, 2.45) is 5.92 Å². The van der Waals surface area contributed by atoms with Crippen LogP contribution < -0.4 is 10.2 Å². The van der Waals surface area contributed by atoms with Crippen LogP contribution in [0.1, 0.15) is 25.7 Å². The van der Waals surface area contributed by atoms with Crippen LogP contribution in [0.15, 0.2) is 29.2 Å². The average molecular weight is 308 g/mol. The van der Waals surface area contributed by atoms with E-state index in [1.807, 2.05) is 12.1 Å². The van der Waals surface area contributed by atoms with Gasteiger partial charge >= 0.3 is 0 Å². The first-order valence-corrected chi connectivity index (χ1v) is 9.70. The van der Waals surface area contributed by atoms with Gasteiger partial charge in [-0.1, -0.05) is 0 Å². The second-order valence-electron chi connectivity index (χ2n) is 6.41. The molecule has 5 heteroatoms. The second-order valence-corrected chi connectivity index (χ2v) is 8.42. The second kappa shape index (κ2) is 5.97. The summed E-state index contributed by atoms with van der Waals surface area (Å²) < 4.78 is 23.1. The number of nitrogens with zero attached hydrogens (tertiary/aromatic N) is 1. The topological polar surface area (TPSA) is 49.4 Å². The summed E-state index contributed by atoms with van der Waals surface area (Å²) in [6, 6.07) is 7.93. The fraction of sp³-hybridized carbons (Fsp3) is 0.625. The van der Waals surface area contributed by atoms with E-state index in [-0.39, 0.29) is 0 Å². The molecule has 0 spiro atoms. The van der Waals surface area contributed by atoms with Crippen molar-refractivity contribution in [2.45, 2.75) is 36.6 Å². The van der Waals surface area contributed by atoms with Crippen LogP contribution >= 0.6 is 0 Å². The minimum absolute atomic E-state index is 0.400. The molecule has 2 aliphatic rings. The predicted molar refractivity (Wildman–Crippen MR) is 85.5 cm³/mol. The summed E-state index contributed by atoms with van der Waals surface area (Å²) in [5.74, 6) is 0.820. The van der Waals surface area contributed by atoms with Crippen LogP contribution in [0.4, 0.5) is 5.69 Å². The Morgan fingerprint density at radius 2 is 1.86 bits per heavy atom. The van der Waals surface area contributed by atoms with E-state index in [0.29, 0.717) is 10.9 Å². The summed E-state index contributed by atoms with van der Waals surface area (Å²) in [7, 11) is -3.11. The summed E-state index contributed by atoms with van der Waals surface area (Å²) in [6.07, 6.45) is 6.41. The summed E-state index contributed by atoms with van der Waals surface area (Å²) in [4.78, 5) is 2.82. The predicted octanol–water partition coefficient (Wildman–Crippen LogP) is 2.06. The van der Waals surface area contributed by atoms with Gasteiger partial charge in [-0.2, -0.15) is 0 Å². The largest absolute Gasteiger partial charge is 0.370 e. The van der Waals surface area contributed by atoms with Crippen molar-refractivity contribution >= 4 is 15.5 Å². The molecule has 1 heterocycles. The zero-order chi connectivity index (χ0) is 14.9. The first-order chi connectivity index (χ1) is 10.0. The molecular formula is C16H24N2O2S. The third kappa shape index (κ3) is 3.98. The Bertz CT molecular complexity index is 573. The molecule has 0 amide bonds. The molecule has 1 aliphatic carbocycles. The normalized spacial score (nSPS) is 22.4. The molecular weight excluding hydrogens is 284 g/mol. The van der Waals surface area contributed by atoms with Gasteiger partial charge in [-0.3, -0.25) is 0 Å². The third-order valence-corrected chi connectivity index (χ3v) is 5.54. The zero-order valence-electron chi connectivity index (χ0n) is 12.6. The van der Waals surface area contributed by atoms with Gasteiger partial charge in [0.05, 0.1) is 4.90 Å². The van der Waals surface area contributed by atoms with Gasteiger partial charge in [0.15, 0.2) is 9.84 Å². The zero-order valence-corrected chi connectivity index (χ0v) is 13.4. The monoisotopic (exact) mass is 308 g/mol. The molecule has 21 heavy (non-hydrogen) atoms. The molecule has 1 aliphatic heterocycles. The molecule has 3 rings (SSSR count). The van der Waals surface area contributed by atoms with Crippen LogP contribution in [-0.2, 0) is 9.84 Å². The number of hydrogen-bond donors (Lipinski definition) is 1. The van der Waals surface area contributed by atoms with Crippen molar-refractivity contribution in [3.63, 3.8) is 0 Å². The van der Waals surface area contributed by atoms with Gasteiger partial charge in [0.2, 0.25) is 0 Å². The first-order valence-electron chi connectivity index (χ1n) is 7.81. The van der Waals surface area contributed by atoms with Crippen LogP contribution in [-0.4, -0.2) is 40.3 Å². The Morgan fingerprint density at radius 3 is 2.38 bits per heavy atom. The number of anilines is 1. The Balaban J connectivity index is 1.74. The third-order valence-electron chi connectivity index (χ3n) is 4.41. The molecule has 0 aromatic heterocycles. The molecule has 1 N–H and O–H groups in total. The van der Waals surface area contributed by atoms with Gasteiger partial charge in [0, 0.05) is 31.1 Å². The van der Waals surface area contributed by atoms with E-state index in [9.17, 15) is 8.42 Å². The van der Waals surface area contributed by atoms with Crippen molar-refractivity contribution in [1.82, 2.24) is 5.32 Å². The number of benzene rings is 1. The van der Waals surface area contributed by atoms with Gasteiger partial charge in [-0.15, -0.1) is 0 Å². The lowest BCUT2D eigenvalue weighted by Crippen LogP contribution is -2.38. The highest BCUT2D eigenvalue weighted by atomic mass is 32.2. The first kappa shape index (κ1) is 14.9. The van der Waals surface area contributed by atoms with Crippen LogP contribution in [0.3, 0.4) is 0 Å². The Morgan fingerprint density at radius 1 is 1.14 bits per heavy atom.